The smallest absolute Gasteiger partial charge is 0.128 e. The van der Waals surface area contributed by atoms with E-state index in [1.54, 1.807) is 18.3 Å². The summed E-state index contributed by atoms with van der Waals surface area (Å²) >= 11 is 0. The summed E-state index contributed by atoms with van der Waals surface area (Å²) in [7, 11) is 0. The zero-order valence-electron chi connectivity index (χ0n) is 7.87. The van der Waals surface area contributed by atoms with Crippen LogP contribution in [0.2, 0.25) is 0 Å². The maximum atomic E-state index is 13.1. The number of H-pyrrole nitrogens is 1. The number of aromatic nitrogens is 2. The number of nitrogen functional groups attached to an aromatic ring is 1. The van der Waals surface area contributed by atoms with Crippen LogP contribution in [0.3, 0.4) is 0 Å². The molecule has 1 aromatic heterocycles. The molecule has 4 nitrogen and oxygen atoms in total. The number of nitrogens with two attached hydrogens (primary N) is 1. The highest BCUT2D eigenvalue weighted by atomic mass is 19.1. The van der Waals surface area contributed by atoms with Crippen LogP contribution in [0.25, 0.3) is 11.1 Å². The van der Waals surface area contributed by atoms with Gasteiger partial charge < -0.3 is 10.8 Å². The second-order valence-corrected chi connectivity index (χ2v) is 3.16. The van der Waals surface area contributed by atoms with E-state index in [-0.39, 0.29) is 12.2 Å². The third kappa shape index (κ3) is 1.69. The first-order chi connectivity index (χ1) is 7.22. The summed E-state index contributed by atoms with van der Waals surface area (Å²) in [5.74, 6) is -0.00573. The highest BCUT2D eigenvalue weighted by molar-refractivity contribution is 5.73. The molecular formula is C10H10FN3O. The Morgan fingerprint density at radius 1 is 1.47 bits per heavy atom. The second kappa shape index (κ2) is 3.70. The highest BCUT2D eigenvalue weighted by Gasteiger charge is 2.07. The fourth-order valence-corrected chi connectivity index (χ4v) is 1.39. The van der Waals surface area contributed by atoms with Crippen LogP contribution in [0.15, 0.2) is 24.4 Å². The van der Waals surface area contributed by atoms with Crippen molar-refractivity contribution in [2.75, 3.05) is 5.73 Å². The molecule has 1 aromatic carbocycles. The first-order valence-electron chi connectivity index (χ1n) is 4.41. The number of aliphatic hydroxyl groups excluding tert-OH is 1. The molecule has 0 unspecified atom stereocenters. The van der Waals surface area contributed by atoms with Crippen LogP contribution in [-0.4, -0.2) is 15.3 Å². The van der Waals surface area contributed by atoms with Crippen molar-refractivity contribution in [1.29, 1.82) is 0 Å². The molecule has 1 heterocycles. The van der Waals surface area contributed by atoms with Gasteiger partial charge in [-0.05, 0) is 17.7 Å². The van der Waals surface area contributed by atoms with Crippen LogP contribution in [-0.2, 0) is 6.61 Å². The number of nitrogens with zero attached hydrogens (tertiary/aromatic N) is 1. The van der Waals surface area contributed by atoms with E-state index < -0.39 is 5.82 Å². The number of hydrogen-bond donors (Lipinski definition) is 3. The number of halogens is 1. The van der Waals surface area contributed by atoms with Gasteiger partial charge in [0, 0.05) is 11.1 Å². The quantitative estimate of drug-likeness (QED) is 0.694. The molecule has 0 atom stereocenters. The van der Waals surface area contributed by atoms with Crippen LogP contribution in [0, 0.1) is 5.82 Å². The van der Waals surface area contributed by atoms with Crippen molar-refractivity contribution in [3.63, 3.8) is 0 Å². The molecule has 0 fully saturated rings. The summed E-state index contributed by atoms with van der Waals surface area (Å²) in [6.45, 7) is -0.336. The normalized spacial score (nSPS) is 10.5. The van der Waals surface area contributed by atoms with Gasteiger partial charge in [0.1, 0.15) is 11.6 Å². The van der Waals surface area contributed by atoms with E-state index >= 15 is 0 Å². The number of hydrogen-bond acceptors (Lipinski definition) is 3. The second-order valence-electron chi connectivity index (χ2n) is 3.16. The van der Waals surface area contributed by atoms with Gasteiger partial charge in [-0.25, -0.2) is 4.39 Å². The molecule has 0 bridgehead atoms. The Bertz CT molecular complexity index is 481. The maximum absolute atomic E-state index is 13.1. The molecule has 2 aromatic rings. The van der Waals surface area contributed by atoms with E-state index in [9.17, 15) is 4.39 Å². The Balaban J connectivity index is 2.51. The van der Waals surface area contributed by atoms with Crippen molar-refractivity contribution >= 4 is 5.82 Å². The third-order valence-electron chi connectivity index (χ3n) is 2.20. The lowest BCUT2D eigenvalue weighted by molar-refractivity contribution is 0.276. The summed E-state index contributed by atoms with van der Waals surface area (Å²) in [5, 5.41) is 15.3. The van der Waals surface area contributed by atoms with E-state index in [1.165, 1.54) is 6.07 Å². The van der Waals surface area contributed by atoms with E-state index in [1.807, 2.05) is 0 Å². The molecule has 0 saturated carbocycles. The van der Waals surface area contributed by atoms with Gasteiger partial charge in [0.2, 0.25) is 0 Å². The minimum Gasteiger partial charge on any atom is -0.392 e. The topological polar surface area (TPSA) is 74.9 Å². The fraction of sp³-hybridized carbons (Fsp3) is 0.100. The van der Waals surface area contributed by atoms with Crippen molar-refractivity contribution < 1.29 is 9.50 Å². The predicted molar refractivity (Wildman–Crippen MR) is 54.3 cm³/mol. The van der Waals surface area contributed by atoms with Crippen LogP contribution in [0.5, 0.6) is 0 Å². The zero-order valence-corrected chi connectivity index (χ0v) is 7.87. The van der Waals surface area contributed by atoms with Crippen LogP contribution in [0.1, 0.15) is 5.56 Å². The summed E-state index contributed by atoms with van der Waals surface area (Å²) in [6, 6.07) is 4.44. The minimum atomic E-state index is -0.427. The van der Waals surface area contributed by atoms with Crippen molar-refractivity contribution in [2.45, 2.75) is 6.61 Å². The third-order valence-corrected chi connectivity index (χ3v) is 2.20. The molecule has 0 aliphatic rings. The van der Waals surface area contributed by atoms with Gasteiger partial charge >= 0.3 is 0 Å². The van der Waals surface area contributed by atoms with Gasteiger partial charge in [-0.2, -0.15) is 5.10 Å². The Morgan fingerprint density at radius 3 is 2.87 bits per heavy atom. The zero-order chi connectivity index (χ0) is 10.8. The van der Waals surface area contributed by atoms with Crippen molar-refractivity contribution in [3.8, 4) is 11.1 Å². The molecule has 15 heavy (non-hydrogen) atoms. The van der Waals surface area contributed by atoms with Gasteiger partial charge in [-0.3, -0.25) is 5.10 Å². The summed E-state index contributed by atoms with van der Waals surface area (Å²) < 4.78 is 13.1. The number of anilines is 1. The summed E-state index contributed by atoms with van der Waals surface area (Å²) in [4.78, 5) is 0. The lowest BCUT2D eigenvalue weighted by Crippen LogP contribution is -1.92. The van der Waals surface area contributed by atoms with Crippen LogP contribution in [0.4, 0.5) is 10.2 Å². The number of aromatic amines is 1. The van der Waals surface area contributed by atoms with E-state index in [4.69, 9.17) is 10.8 Å². The van der Waals surface area contributed by atoms with E-state index in [0.29, 0.717) is 11.4 Å². The van der Waals surface area contributed by atoms with Crippen molar-refractivity contribution in [1.82, 2.24) is 10.2 Å². The Kier molecular flexibility index (Phi) is 2.39. The molecule has 2 rings (SSSR count). The molecule has 0 spiro atoms. The van der Waals surface area contributed by atoms with E-state index in [2.05, 4.69) is 10.2 Å². The SMILES string of the molecule is Nc1[nH]ncc1-c1ccc(F)c(CO)c1. The number of rotatable bonds is 2. The number of nitrogens with one attached hydrogen (secondary N) is 1. The lowest BCUT2D eigenvalue weighted by atomic mass is 10.1. The largest absolute Gasteiger partial charge is 0.392 e. The van der Waals surface area contributed by atoms with Crippen LogP contribution < -0.4 is 5.73 Å². The molecule has 0 aliphatic carbocycles. The first-order valence-corrected chi connectivity index (χ1v) is 4.41. The van der Waals surface area contributed by atoms with Crippen molar-refractivity contribution in [3.05, 3.63) is 35.8 Å². The average Bonchev–Trinajstić information content (AvgIpc) is 2.65. The standard InChI is InChI=1S/C10H10FN3O/c11-9-2-1-6(3-7(9)5-15)8-4-13-14-10(8)12/h1-4,15H,5H2,(H3,12,13,14). The lowest BCUT2D eigenvalue weighted by Gasteiger charge is -2.03. The molecular weight excluding hydrogens is 197 g/mol. The Labute approximate surface area is 85.6 Å². The molecule has 0 saturated heterocycles. The molecule has 0 amide bonds. The van der Waals surface area contributed by atoms with Gasteiger partial charge in [-0.1, -0.05) is 6.07 Å². The maximum Gasteiger partial charge on any atom is 0.128 e. The van der Waals surface area contributed by atoms with Gasteiger partial charge in [0.15, 0.2) is 0 Å². The molecule has 78 valence electrons. The van der Waals surface area contributed by atoms with Crippen LogP contribution >= 0.6 is 0 Å². The molecule has 4 N–H and O–H groups in total. The Hall–Kier alpha value is -1.88. The monoisotopic (exact) mass is 207 g/mol. The van der Waals surface area contributed by atoms with Gasteiger partial charge in [0.05, 0.1) is 12.8 Å². The van der Waals surface area contributed by atoms with Gasteiger partial charge in [0.25, 0.3) is 0 Å². The molecule has 0 aliphatic heterocycles. The van der Waals surface area contributed by atoms with Crippen molar-refractivity contribution in [2.24, 2.45) is 0 Å². The summed E-state index contributed by atoms with van der Waals surface area (Å²) in [5.41, 5.74) is 7.30. The van der Waals surface area contributed by atoms with Gasteiger partial charge in [-0.15, -0.1) is 0 Å². The number of benzene rings is 1. The molecule has 0 radical (unpaired) electrons. The average molecular weight is 207 g/mol. The fourth-order valence-electron chi connectivity index (χ4n) is 1.39. The highest BCUT2D eigenvalue weighted by Crippen LogP contribution is 2.25. The first kappa shape index (κ1) is 9.67. The minimum absolute atomic E-state index is 0.244. The van der Waals surface area contributed by atoms with E-state index in [0.717, 1.165) is 5.56 Å². The molecule has 5 heteroatoms. The number of aliphatic hydroxyl groups is 1. The summed E-state index contributed by atoms with van der Waals surface area (Å²) in [6.07, 6.45) is 1.56. The predicted octanol–water partition coefficient (Wildman–Crippen LogP) is 1.29. The Morgan fingerprint density at radius 2 is 2.27 bits per heavy atom.